The van der Waals surface area contributed by atoms with Crippen LogP contribution in [0.4, 0.5) is 5.82 Å². The molecule has 140 valence electrons. The Kier molecular flexibility index (Phi) is 3.75. The number of nitrogens with one attached hydrogen (secondary N) is 1. The smallest absolute Gasteiger partial charge is 0.192 e. The Morgan fingerprint density at radius 3 is 2.79 bits per heavy atom. The van der Waals surface area contributed by atoms with Gasteiger partial charge in [-0.3, -0.25) is 5.10 Å². The van der Waals surface area contributed by atoms with Gasteiger partial charge in [0.05, 0.1) is 13.3 Å². The predicted octanol–water partition coefficient (Wildman–Crippen LogP) is 3.12. The Balaban J connectivity index is 1.60. The van der Waals surface area contributed by atoms with Crippen LogP contribution < -0.4 is 19.9 Å². The number of nitrogens with zero attached hydrogens (tertiary/aromatic N) is 3. The average molecular weight is 375 g/mol. The first-order chi connectivity index (χ1) is 13.7. The molecule has 1 aliphatic rings. The summed E-state index contributed by atoms with van der Waals surface area (Å²) in [5.74, 6) is 2.76. The van der Waals surface area contributed by atoms with Crippen LogP contribution in [0.2, 0.25) is 0 Å². The first-order valence-corrected chi connectivity index (χ1v) is 8.75. The van der Waals surface area contributed by atoms with Crippen molar-refractivity contribution in [2.75, 3.05) is 19.5 Å². The van der Waals surface area contributed by atoms with Crippen molar-refractivity contribution in [1.82, 2.24) is 20.2 Å². The van der Waals surface area contributed by atoms with Gasteiger partial charge in [-0.25, -0.2) is 9.97 Å². The lowest BCUT2D eigenvalue weighted by molar-refractivity contribution is 0.0854. The third-order valence-corrected chi connectivity index (χ3v) is 4.66. The molecule has 0 fully saturated rings. The Morgan fingerprint density at radius 2 is 2.00 bits per heavy atom. The molecule has 2 aromatic carbocycles. The molecule has 1 aliphatic heterocycles. The maximum Gasteiger partial charge on any atom is 0.192 e. The second-order valence-electron chi connectivity index (χ2n) is 6.39. The summed E-state index contributed by atoms with van der Waals surface area (Å²) in [4.78, 5) is 9.16. The minimum absolute atomic E-state index is 0.303. The number of para-hydroxylation sites is 2. The van der Waals surface area contributed by atoms with Crippen LogP contribution in [-0.4, -0.2) is 33.9 Å². The Bertz CT molecular complexity index is 1160. The number of ether oxygens (including phenoxy) is 3. The summed E-state index contributed by atoms with van der Waals surface area (Å²) in [6.45, 7) is 0.303. The fourth-order valence-corrected chi connectivity index (χ4v) is 3.26. The van der Waals surface area contributed by atoms with Crippen molar-refractivity contribution in [2.24, 2.45) is 0 Å². The number of methoxy groups -OCH3 is 1. The van der Waals surface area contributed by atoms with Gasteiger partial charge in [0.25, 0.3) is 0 Å². The van der Waals surface area contributed by atoms with Gasteiger partial charge in [-0.1, -0.05) is 12.1 Å². The summed E-state index contributed by atoms with van der Waals surface area (Å²) in [5, 5.41) is 7.50. The van der Waals surface area contributed by atoms with Gasteiger partial charge in [-0.15, -0.1) is 0 Å². The molecule has 1 atom stereocenters. The number of aromatic nitrogens is 4. The highest BCUT2D eigenvalue weighted by Crippen LogP contribution is 2.37. The number of aromatic amines is 1. The molecule has 28 heavy (non-hydrogen) atoms. The van der Waals surface area contributed by atoms with Crippen molar-refractivity contribution in [3.63, 3.8) is 0 Å². The largest absolute Gasteiger partial charge is 0.494 e. The molecule has 5 rings (SSSR count). The summed E-state index contributed by atoms with van der Waals surface area (Å²) in [6, 6.07) is 11.3. The molecule has 4 aromatic rings. The van der Waals surface area contributed by atoms with Crippen LogP contribution in [0.5, 0.6) is 17.2 Å². The van der Waals surface area contributed by atoms with E-state index in [0.29, 0.717) is 46.4 Å². The molecule has 0 amide bonds. The van der Waals surface area contributed by atoms with Crippen LogP contribution in [0.3, 0.4) is 0 Å². The fourth-order valence-electron chi connectivity index (χ4n) is 3.26. The highest BCUT2D eigenvalue weighted by molar-refractivity contribution is 5.96. The van der Waals surface area contributed by atoms with Gasteiger partial charge in [-0.2, -0.15) is 5.10 Å². The minimum Gasteiger partial charge on any atom is -0.494 e. The zero-order valence-corrected chi connectivity index (χ0v) is 15.0. The molecule has 3 N–H and O–H groups in total. The molecule has 8 heteroatoms. The zero-order chi connectivity index (χ0) is 19.1. The van der Waals surface area contributed by atoms with Crippen LogP contribution in [0.25, 0.3) is 22.0 Å². The second kappa shape index (κ2) is 6.41. The van der Waals surface area contributed by atoms with Crippen LogP contribution in [0.15, 0.2) is 48.8 Å². The molecule has 0 saturated heterocycles. The molecule has 2 aromatic heterocycles. The van der Waals surface area contributed by atoms with Crippen molar-refractivity contribution in [2.45, 2.75) is 6.10 Å². The molecule has 1 unspecified atom stereocenters. The van der Waals surface area contributed by atoms with Crippen molar-refractivity contribution in [3.05, 3.63) is 54.6 Å². The van der Waals surface area contributed by atoms with E-state index in [4.69, 9.17) is 19.9 Å². The van der Waals surface area contributed by atoms with E-state index in [1.165, 1.54) is 0 Å². The van der Waals surface area contributed by atoms with E-state index < -0.39 is 6.10 Å². The van der Waals surface area contributed by atoms with Crippen molar-refractivity contribution in [3.8, 4) is 28.4 Å². The van der Waals surface area contributed by atoms with Gasteiger partial charge in [0.1, 0.15) is 23.7 Å². The van der Waals surface area contributed by atoms with Crippen molar-refractivity contribution >= 4 is 16.7 Å². The molecule has 0 aliphatic carbocycles. The standard InChI is InChI=1S/C20H17N5O3/c1-26-16-7-11(12-8-22-23-9-12)6-13-18(16)24-20(25-19(13)21)17-10-27-14-4-2-3-5-15(14)28-17/h2-9,17H,10H2,1H3,(H,22,23)(H2,21,24,25). The van der Waals surface area contributed by atoms with E-state index in [0.717, 1.165) is 11.1 Å². The molecular formula is C20H17N5O3. The van der Waals surface area contributed by atoms with E-state index in [1.54, 1.807) is 19.5 Å². The SMILES string of the molecule is COc1cc(-c2cn[nH]c2)cc2c(N)nc(C3COc4ccccc4O3)nc12. The normalized spacial score (nSPS) is 15.5. The molecule has 3 heterocycles. The monoisotopic (exact) mass is 375 g/mol. The fraction of sp³-hybridized carbons (Fsp3) is 0.150. The zero-order valence-electron chi connectivity index (χ0n) is 15.0. The lowest BCUT2D eigenvalue weighted by Crippen LogP contribution is -2.24. The first kappa shape index (κ1) is 16.4. The molecule has 0 radical (unpaired) electrons. The Morgan fingerprint density at radius 1 is 1.14 bits per heavy atom. The quantitative estimate of drug-likeness (QED) is 0.566. The summed E-state index contributed by atoms with van der Waals surface area (Å²) in [6.07, 6.45) is 3.08. The molecule has 0 bridgehead atoms. The van der Waals surface area contributed by atoms with Gasteiger partial charge < -0.3 is 19.9 Å². The van der Waals surface area contributed by atoms with Gasteiger partial charge in [0.2, 0.25) is 0 Å². The lowest BCUT2D eigenvalue weighted by atomic mass is 10.1. The summed E-state index contributed by atoms with van der Waals surface area (Å²) in [5.41, 5.74) is 8.73. The van der Waals surface area contributed by atoms with Gasteiger partial charge in [0.15, 0.2) is 23.4 Å². The summed E-state index contributed by atoms with van der Waals surface area (Å²) in [7, 11) is 1.60. The van der Waals surface area contributed by atoms with E-state index in [1.807, 2.05) is 36.4 Å². The van der Waals surface area contributed by atoms with E-state index in [-0.39, 0.29) is 0 Å². The number of nitrogen functional groups attached to an aromatic ring is 1. The third kappa shape index (κ3) is 2.66. The van der Waals surface area contributed by atoms with E-state index in [9.17, 15) is 0 Å². The van der Waals surface area contributed by atoms with Crippen LogP contribution in [0, 0.1) is 0 Å². The maximum atomic E-state index is 6.28. The van der Waals surface area contributed by atoms with Crippen LogP contribution in [0.1, 0.15) is 11.9 Å². The third-order valence-electron chi connectivity index (χ3n) is 4.66. The van der Waals surface area contributed by atoms with Crippen molar-refractivity contribution in [1.29, 1.82) is 0 Å². The summed E-state index contributed by atoms with van der Waals surface area (Å²) < 4.78 is 17.4. The molecule has 0 saturated carbocycles. The minimum atomic E-state index is -0.458. The number of benzene rings is 2. The lowest BCUT2D eigenvalue weighted by Gasteiger charge is -2.25. The number of rotatable bonds is 3. The van der Waals surface area contributed by atoms with Gasteiger partial charge in [0, 0.05) is 17.1 Å². The van der Waals surface area contributed by atoms with Gasteiger partial charge >= 0.3 is 0 Å². The Labute approximate surface area is 160 Å². The first-order valence-electron chi connectivity index (χ1n) is 8.75. The second-order valence-corrected chi connectivity index (χ2v) is 6.39. The molecule has 8 nitrogen and oxygen atoms in total. The number of anilines is 1. The number of fused-ring (bicyclic) bond motifs is 2. The van der Waals surface area contributed by atoms with Crippen LogP contribution in [-0.2, 0) is 0 Å². The van der Waals surface area contributed by atoms with Gasteiger partial charge in [-0.05, 0) is 29.8 Å². The van der Waals surface area contributed by atoms with E-state index >= 15 is 0 Å². The molecular weight excluding hydrogens is 358 g/mol. The number of H-pyrrole nitrogens is 1. The van der Waals surface area contributed by atoms with Crippen molar-refractivity contribution < 1.29 is 14.2 Å². The number of hydrogen-bond donors (Lipinski definition) is 2. The average Bonchev–Trinajstić information content (AvgIpc) is 3.27. The number of hydrogen-bond acceptors (Lipinski definition) is 7. The maximum absolute atomic E-state index is 6.28. The highest BCUT2D eigenvalue weighted by atomic mass is 16.6. The number of nitrogens with two attached hydrogens (primary N) is 1. The predicted molar refractivity (Wildman–Crippen MR) is 103 cm³/mol. The highest BCUT2D eigenvalue weighted by Gasteiger charge is 2.26. The summed E-state index contributed by atoms with van der Waals surface area (Å²) >= 11 is 0. The topological polar surface area (TPSA) is 108 Å². The van der Waals surface area contributed by atoms with Crippen LogP contribution >= 0.6 is 0 Å². The molecule has 0 spiro atoms. The Hall–Kier alpha value is -3.81. The van der Waals surface area contributed by atoms with E-state index in [2.05, 4.69) is 20.2 Å².